The van der Waals surface area contributed by atoms with Crippen LogP contribution in [0.25, 0.3) is 0 Å². The van der Waals surface area contributed by atoms with Gasteiger partial charge in [0.1, 0.15) is 0 Å². The maximum Gasteiger partial charge on any atom is 0.291 e. The quantitative estimate of drug-likeness (QED) is 0.507. The van der Waals surface area contributed by atoms with Crippen molar-refractivity contribution in [3.05, 3.63) is 45.5 Å². The van der Waals surface area contributed by atoms with Gasteiger partial charge in [-0.2, -0.15) is 0 Å². The number of aryl methyl sites for hydroxylation is 1. The molecule has 0 bridgehead atoms. The van der Waals surface area contributed by atoms with Gasteiger partial charge in [0.05, 0.1) is 6.61 Å². The van der Waals surface area contributed by atoms with Crippen LogP contribution in [0, 0.1) is 17.0 Å². The predicted molar refractivity (Wildman–Crippen MR) is 45.9 cm³/mol. The fourth-order valence-corrected chi connectivity index (χ4v) is 0.787. The molecule has 0 aliphatic carbocycles. The number of nitrogens with zero attached hydrogens (tertiary/aromatic N) is 1. The van der Waals surface area contributed by atoms with E-state index in [9.17, 15) is 0 Å². The second kappa shape index (κ2) is 5.96. The molecular weight excluding hydrogens is 174 g/mol. The molecule has 0 radical (unpaired) electrons. The van der Waals surface area contributed by atoms with Crippen molar-refractivity contribution in [2.24, 2.45) is 0 Å². The molecular formula is C8H11NO4. The van der Waals surface area contributed by atoms with Gasteiger partial charge in [-0.1, -0.05) is 24.3 Å². The highest BCUT2D eigenvalue weighted by Gasteiger charge is 1.90. The van der Waals surface area contributed by atoms with E-state index in [2.05, 4.69) is 0 Å². The number of hydrogen-bond donors (Lipinski definition) is 2. The number of benzene rings is 1. The first kappa shape index (κ1) is 11.4. The molecule has 5 heteroatoms. The highest BCUT2D eigenvalue weighted by atomic mass is 16.9. The fourth-order valence-electron chi connectivity index (χ4n) is 0.787. The second-order valence-corrected chi connectivity index (χ2v) is 2.32. The Morgan fingerprint density at radius 3 is 2.23 bits per heavy atom. The van der Waals surface area contributed by atoms with Crippen LogP contribution in [0.4, 0.5) is 0 Å². The molecule has 0 aliphatic rings. The molecule has 0 atom stereocenters. The first-order valence-corrected chi connectivity index (χ1v) is 3.56. The minimum absolute atomic E-state index is 0.146. The Hall–Kier alpha value is -1.62. The highest BCUT2D eigenvalue weighted by molar-refractivity contribution is 5.24. The first-order chi connectivity index (χ1) is 6.07. The lowest BCUT2D eigenvalue weighted by atomic mass is 10.1. The molecule has 1 aromatic rings. The largest absolute Gasteiger partial charge is 0.392 e. The SMILES string of the molecule is Cc1ccccc1CO.O=[N+]([O-])O. The zero-order valence-electron chi connectivity index (χ0n) is 7.17. The summed E-state index contributed by atoms with van der Waals surface area (Å²) in [6.45, 7) is 2.14. The van der Waals surface area contributed by atoms with E-state index < -0.39 is 5.09 Å². The molecule has 0 saturated heterocycles. The molecule has 0 fully saturated rings. The predicted octanol–water partition coefficient (Wildman–Crippen LogP) is 1.14. The van der Waals surface area contributed by atoms with E-state index >= 15 is 0 Å². The zero-order chi connectivity index (χ0) is 10.3. The molecule has 0 spiro atoms. The lowest BCUT2D eigenvalue weighted by Crippen LogP contribution is -1.85. The molecule has 1 aromatic carbocycles. The molecule has 0 amide bonds. The summed E-state index contributed by atoms with van der Waals surface area (Å²) in [5.74, 6) is 0. The summed E-state index contributed by atoms with van der Waals surface area (Å²) in [5.41, 5.74) is 2.16. The topological polar surface area (TPSA) is 83.6 Å². The molecule has 0 aromatic heterocycles. The fraction of sp³-hybridized carbons (Fsp3) is 0.250. The standard InChI is InChI=1S/C8H10O.HNO3/c1-7-4-2-3-5-8(7)6-9;2-1(3)4/h2-5,9H,6H2,1H3;(H,2,3,4). The van der Waals surface area contributed by atoms with Gasteiger partial charge in [0.2, 0.25) is 0 Å². The van der Waals surface area contributed by atoms with E-state index in [1.165, 1.54) is 0 Å². The van der Waals surface area contributed by atoms with Crippen LogP contribution >= 0.6 is 0 Å². The summed E-state index contributed by atoms with van der Waals surface area (Å²) in [7, 11) is 0. The smallest absolute Gasteiger partial charge is 0.291 e. The average Bonchev–Trinajstić information content (AvgIpc) is 2.04. The van der Waals surface area contributed by atoms with Crippen LogP contribution in [-0.4, -0.2) is 15.4 Å². The molecule has 0 unspecified atom stereocenters. The molecule has 1 rings (SSSR count). The van der Waals surface area contributed by atoms with Gasteiger partial charge >= 0.3 is 0 Å². The Bertz CT molecular complexity index is 271. The zero-order valence-corrected chi connectivity index (χ0v) is 7.17. The van der Waals surface area contributed by atoms with Crippen LogP contribution < -0.4 is 0 Å². The number of rotatable bonds is 1. The average molecular weight is 185 g/mol. The van der Waals surface area contributed by atoms with Crippen molar-refractivity contribution in [1.29, 1.82) is 0 Å². The monoisotopic (exact) mass is 185 g/mol. The van der Waals surface area contributed by atoms with Gasteiger partial charge in [-0.05, 0) is 18.1 Å². The van der Waals surface area contributed by atoms with E-state index in [1.54, 1.807) is 0 Å². The van der Waals surface area contributed by atoms with Gasteiger partial charge < -0.3 is 10.3 Å². The van der Waals surface area contributed by atoms with Crippen molar-refractivity contribution in [2.75, 3.05) is 0 Å². The normalized spacial score (nSPS) is 8.46. The van der Waals surface area contributed by atoms with Crippen LogP contribution in [0.3, 0.4) is 0 Å². The summed E-state index contributed by atoms with van der Waals surface area (Å²) >= 11 is 0. The third-order valence-corrected chi connectivity index (χ3v) is 1.43. The molecule has 0 aliphatic heterocycles. The summed E-state index contributed by atoms with van der Waals surface area (Å²) < 4.78 is 0. The Morgan fingerprint density at radius 2 is 1.92 bits per heavy atom. The minimum atomic E-state index is -1.50. The number of aliphatic hydroxyl groups excluding tert-OH is 1. The third kappa shape index (κ3) is 5.63. The minimum Gasteiger partial charge on any atom is -0.392 e. The van der Waals surface area contributed by atoms with Crippen molar-refractivity contribution in [3.63, 3.8) is 0 Å². The lowest BCUT2D eigenvalue weighted by molar-refractivity contribution is -0.742. The van der Waals surface area contributed by atoms with Crippen LogP contribution in [-0.2, 0) is 6.61 Å². The van der Waals surface area contributed by atoms with E-state index in [4.69, 9.17) is 20.4 Å². The summed E-state index contributed by atoms with van der Waals surface area (Å²) in [6, 6.07) is 7.81. The Balaban J connectivity index is 0.000000310. The molecule has 5 nitrogen and oxygen atoms in total. The molecule has 0 heterocycles. The maximum absolute atomic E-state index is 8.72. The van der Waals surface area contributed by atoms with Crippen molar-refractivity contribution in [3.8, 4) is 0 Å². The van der Waals surface area contributed by atoms with Crippen LogP contribution in [0.1, 0.15) is 11.1 Å². The Kier molecular flexibility index (Phi) is 5.22. The molecule has 13 heavy (non-hydrogen) atoms. The number of hydrogen-bond acceptors (Lipinski definition) is 3. The van der Waals surface area contributed by atoms with E-state index in [-0.39, 0.29) is 6.61 Å². The van der Waals surface area contributed by atoms with Crippen LogP contribution in [0.15, 0.2) is 24.3 Å². The van der Waals surface area contributed by atoms with E-state index in [1.807, 2.05) is 31.2 Å². The Labute approximate surface area is 75.4 Å². The maximum atomic E-state index is 8.72. The van der Waals surface area contributed by atoms with Gasteiger partial charge in [-0.15, -0.1) is 10.1 Å². The van der Waals surface area contributed by atoms with Crippen molar-refractivity contribution >= 4 is 0 Å². The molecule has 2 N–H and O–H groups in total. The molecule has 0 saturated carbocycles. The van der Waals surface area contributed by atoms with E-state index in [0.29, 0.717) is 0 Å². The summed E-state index contributed by atoms with van der Waals surface area (Å²) in [5, 5.41) is 22.4. The first-order valence-electron chi connectivity index (χ1n) is 3.56. The Morgan fingerprint density at radius 1 is 1.46 bits per heavy atom. The summed E-state index contributed by atoms with van der Waals surface area (Å²) in [6.07, 6.45) is 0. The van der Waals surface area contributed by atoms with E-state index in [0.717, 1.165) is 11.1 Å². The van der Waals surface area contributed by atoms with Crippen molar-refractivity contribution in [1.82, 2.24) is 0 Å². The van der Waals surface area contributed by atoms with Gasteiger partial charge in [-0.3, -0.25) is 0 Å². The lowest BCUT2D eigenvalue weighted by Gasteiger charge is -1.97. The van der Waals surface area contributed by atoms with Crippen LogP contribution in [0.2, 0.25) is 0 Å². The van der Waals surface area contributed by atoms with Gasteiger partial charge in [0.15, 0.2) is 0 Å². The third-order valence-electron chi connectivity index (χ3n) is 1.43. The molecule has 72 valence electrons. The highest BCUT2D eigenvalue weighted by Crippen LogP contribution is 2.05. The summed E-state index contributed by atoms with van der Waals surface area (Å²) in [4.78, 5) is 8.36. The second-order valence-electron chi connectivity index (χ2n) is 2.32. The van der Waals surface area contributed by atoms with Gasteiger partial charge in [0.25, 0.3) is 5.09 Å². The number of aliphatic hydroxyl groups is 1. The van der Waals surface area contributed by atoms with Crippen molar-refractivity contribution < 1.29 is 15.4 Å². The van der Waals surface area contributed by atoms with Gasteiger partial charge in [0, 0.05) is 0 Å². The van der Waals surface area contributed by atoms with Crippen LogP contribution in [0.5, 0.6) is 0 Å². The van der Waals surface area contributed by atoms with Crippen molar-refractivity contribution in [2.45, 2.75) is 13.5 Å². The van der Waals surface area contributed by atoms with Gasteiger partial charge in [-0.25, -0.2) is 0 Å².